The molecule has 42 heavy (non-hydrogen) atoms. The number of nitrogens with one attached hydrogen (secondary N) is 1. The summed E-state index contributed by atoms with van der Waals surface area (Å²) in [6.07, 6.45) is 6.75. The van der Waals surface area contributed by atoms with E-state index in [4.69, 9.17) is 23.4 Å². The highest BCUT2D eigenvalue weighted by Gasteiger charge is 2.27. The van der Waals surface area contributed by atoms with Gasteiger partial charge in [0.2, 0.25) is 11.7 Å². The number of ether oxygens (including phenoxy) is 4. The lowest BCUT2D eigenvalue weighted by atomic mass is 10.00. The monoisotopic (exact) mass is 566 g/mol. The number of esters is 1. The van der Waals surface area contributed by atoms with Crippen molar-refractivity contribution in [2.75, 3.05) is 21.3 Å². The minimum atomic E-state index is -0.585. The first kappa shape index (κ1) is 28.2. The average Bonchev–Trinajstić information content (AvgIpc) is 3.63. The van der Waals surface area contributed by atoms with Crippen molar-refractivity contribution >= 4 is 29.1 Å². The third-order valence-electron chi connectivity index (χ3n) is 6.96. The van der Waals surface area contributed by atoms with Gasteiger partial charge in [0.05, 0.1) is 46.1 Å². The Hall–Kier alpha value is -5.31. The molecular formula is C33H30N2O7. The van der Waals surface area contributed by atoms with E-state index in [2.05, 4.69) is 10.3 Å². The number of pyridine rings is 1. The molecule has 1 N–H and O–H groups in total. The fourth-order valence-electron chi connectivity index (χ4n) is 4.82. The number of aromatic nitrogens is 1. The molecule has 0 unspecified atom stereocenters. The van der Waals surface area contributed by atoms with Gasteiger partial charge in [0.25, 0.3) is 0 Å². The molecule has 9 nitrogen and oxygen atoms in total. The number of rotatable bonds is 10. The molecule has 0 bridgehead atoms. The van der Waals surface area contributed by atoms with Gasteiger partial charge in [-0.3, -0.25) is 9.78 Å². The van der Waals surface area contributed by atoms with E-state index in [1.807, 2.05) is 37.3 Å². The molecule has 1 aliphatic carbocycles. The molecule has 1 amide bonds. The van der Waals surface area contributed by atoms with Crippen LogP contribution in [0.4, 0.5) is 0 Å². The van der Waals surface area contributed by atoms with Crippen LogP contribution in [0.1, 0.15) is 46.2 Å². The Labute approximate surface area is 243 Å². The van der Waals surface area contributed by atoms with Gasteiger partial charge in [-0.15, -0.1) is 0 Å². The molecule has 0 radical (unpaired) electrons. The first-order valence-electron chi connectivity index (χ1n) is 13.2. The van der Waals surface area contributed by atoms with Crippen LogP contribution in [-0.4, -0.2) is 38.2 Å². The number of hydrogen-bond acceptors (Lipinski definition) is 8. The summed E-state index contributed by atoms with van der Waals surface area (Å²) in [5, 5.41) is 2.92. The average molecular weight is 567 g/mol. The molecule has 0 aliphatic heterocycles. The van der Waals surface area contributed by atoms with Crippen LogP contribution in [0.3, 0.4) is 0 Å². The zero-order valence-electron chi connectivity index (χ0n) is 23.7. The summed E-state index contributed by atoms with van der Waals surface area (Å²) in [4.78, 5) is 29.7. The highest BCUT2D eigenvalue weighted by Crippen LogP contribution is 2.46. The van der Waals surface area contributed by atoms with Gasteiger partial charge in [-0.25, -0.2) is 4.79 Å². The summed E-state index contributed by atoms with van der Waals surface area (Å²) in [7, 11) is 4.60. The Balaban J connectivity index is 1.49. The van der Waals surface area contributed by atoms with Crippen molar-refractivity contribution in [2.24, 2.45) is 0 Å². The van der Waals surface area contributed by atoms with Gasteiger partial charge in [-0.05, 0) is 94.9 Å². The number of fused-ring (bicyclic) bond motifs is 1. The van der Waals surface area contributed by atoms with Crippen LogP contribution in [0.5, 0.6) is 23.0 Å². The topological polar surface area (TPSA) is 109 Å². The Morgan fingerprint density at radius 2 is 1.74 bits per heavy atom. The van der Waals surface area contributed by atoms with Crippen LogP contribution < -0.4 is 24.3 Å². The third kappa shape index (κ3) is 5.90. The van der Waals surface area contributed by atoms with E-state index in [-0.39, 0.29) is 18.1 Å². The second kappa shape index (κ2) is 12.5. The van der Waals surface area contributed by atoms with E-state index in [0.29, 0.717) is 35.1 Å². The highest BCUT2D eigenvalue weighted by molar-refractivity contribution is 6.08. The molecule has 9 heteroatoms. The summed E-state index contributed by atoms with van der Waals surface area (Å²) in [6, 6.07) is 16.2. The number of furan rings is 1. The van der Waals surface area contributed by atoms with E-state index < -0.39 is 5.97 Å². The van der Waals surface area contributed by atoms with E-state index >= 15 is 0 Å². The van der Waals surface area contributed by atoms with Crippen molar-refractivity contribution in [3.63, 3.8) is 0 Å². The number of carbonyl (C=O) groups is 2. The lowest BCUT2D eigenvalue weighted by Gasteiger charge is -2.15. The molecule has 0 fully saturated rings. The number of hydrogen-bond donors (Lipinski definition) is 1. The zero-order chi connectivity index (χ0) is 29.6. The maximum absolute atomic E-state index is 12.9. The number of benzene rings is 2. The smallest absolute Gasteiger partial charge is 0.345 e. The number of carbonyl (C=O) groups excluding carboxylic acids is 2. The summed E-state index contributed by atoms with van der Waals surface area (Å²) >= 11 is 0. The molecule has 214 valence electrons. The summed E-state index contributed by atoms with van der Waals surface area (Å²) in [6.45, 7) is 2.30. The Kier molecular flexibility index (Phi) is 8.38. The van der Waals surface area contributed by atoms with Crippen LogP contribution in [-0.2, 0) is 11.3 Å². The number of amides is 1. The quantitative estimate of drug-likeness (QED) is 0.185. The van der Waals surface area contributed by atoms with Crippen molar-refractivity contribution in [3.05, 3.63) is 107 Å². The molecule has 2 heterocycles. The fourth-order valence-corrected chi connectivity index (χ4v) is 4.82. The van der Waals surface area contributed by atoms with E-state index in [1.54, 1.807) is 49.9 Å². The summed E-state index contributed by atoms with van der Waals surface area (Å²) in [5.41, 5.74) is 5.73. The van der Waals surface area contributed by atoms with Crippen molar-refractivity contribution in [1.82, 2.24) is 10.3 Å². The van der Waals surface area contributed by atoms with Gasteiger partial charge in [0.1, 0.15) is 11.5 Å². The minimum absolute atomic E-state index is 0.126. The van der Waals surface area contributed by atoms with Crippen LogP contribution in [0.25, 0.3) is 17.2 Å². The van der Waals surface area contributed by atoms with Crippen molar-refractivity contribution in [1.29, 1.82) is 0 Å². The number of methoxy groups -OCH3 is 3. The minimum Gasteiger partial charge on any atom is -0.497 e. The number of allylic oxidation sites excluding steroid dienone is 2. The van der Waals surface area contributed by atoms with Gasteiger partial charge in [-0.1, -0.05) is 6.07 Å². The van der Waals surface area contributed by atoms with Crippen LogP contribution in [0.2, 0.25) is 0 Å². The second-order valence-corrected chi connectivity index (χ2v) is 9.49. The lowest BCUT2D eigenvalue weighted by Crippen LogP contribution is -2.22. The summed E-state index contributed by atoms with van der Waals surface area (Å²) in [5.74, 6) is 1.47. The SMILES string of the molecule is COc1ccc2c(c1)C(CC(=O)NCc1ccco1)=C(C)/C2=C/c1cc(OC)c(OC(=O)c2cccnc2)c(OC)c1. The first-order valence-corrected chi connectivity index (χ1v) is 13.2. The Morgan fingerprint density at radius 1 is 0.952 bits per heavy atom. The van der Waals surface area contributed by atoms with Gasteiger partial charge < -0.3 is 28.7 Å². The lowest BCUT2D eigenvalue weighted by molar-refractivity contribution is -0.120. The van der Waals surface area contributed by atoms with Crippen LogP contribution >= 0.6 is 0 Å². The van der Waals surface area contributed by atoms with Gasteiger partial charge in [0.15, 0.2) is 11.5 Å². The normalized spacial score (nSPS) is 13.1. The maximum Gasteiger partial charge on any atom is 0.345 e. The Morgan fingerprint density at radius 3 is 2.38 bits per heavy atom. The van der Waals surface area contributed by atoms with Gasteiger partial charge >= 0.3 is 5.97 Å². The Bertz CT molecular complexity index is 1650. The molecular weight excluding hydrogens is 536 g/mol. The molecule has 1 aliphatic rings. The van der Waals surface area contributed by atoms with E-state index in [0.717, 1.165) is 33.4 Å². The van der Waals surface area contributed by atoms with Gasteiger partial charge in [0, 0.05) is 12.4 Å². The molecule has 0 atom stereocenters. The molecule has 0 spiro atoms. The maximum atomic E-state index is 12.9. The fraction of sp³-hybridized carbons (Fsp3) is 0.182. The molecule has 2 aromatic heterocycles. The predicted molar refractivity (Wildman–Crippen MR) is 157 cm³/mol. The molecule has 0 saturated carbocycles. The number of nitrogens with zero attached hydrogens (tertiary/aromatic N) is 1. The predicted octanol–water partition coefficient (Wildman–Crippen LogP) is 5.95. The van der Waals surface area contributed by atoms with Crippen molar-refractivity contribution in [2.45, 2.75) is 19.9 Å². The van der Waals surface area contributed by atoms with Crippen molar-refractivity contribution < 1.29 is 33.0 Å². The zero-order valence-corrected chi connectivity index (χ0v) is 23.7. The molecule has 5 rings (SSSR count). The third-order valence-corrected chi connectivity index (χ3v) is 6.96. The first-order chi connectivity index (χ1) is 20.4. The largest absolute Gasteiger partial charge is 0.497 e. The molecule has 2 aromatic carbocycles. The van der Waals surface area contributed by atoms with Crippen LogP contribution in [0, 0.1) is 0 Å². The molecule has 0 saturated heterocycles. The second-order valence-electron chi connectivity index (χ2n) is 9.49. The van der Waals surface area contributed by atoms with E-state index in [1.165, 1.54) is 20.4 Å². The van der Waals surface area contributed by atoms with Crippen LogP contribution in [0.15, 0.2) is 83.2 Å². The van der Waals surface area contributed by atoms with Crippen molar-refractivity contribution in [3.8, 4) is 23.0 Å². The standard InChI is InChI=1S/C33H30N2O7/c1-20-26(13-21-14-29(39-3)32(30(15-21)40-4)42-33(37)22-7-5-11-34-18-22)25-10-9-23(38-2)16-28(25)27(20)17-31(36)35-19-24-8-6-12-41-24/h5-16,18H,17,19H2,1-4H3,(H,35,36)/b26-13-. The van der Waals surface area contributed by atoms with E-state index in [9.17, 15) is 9.59 Å². The highest BCUT2D eigenvalue weighted by atomic mass is 16.6. The van der Waals surface area contributed by atoms with Gasteiger partial charge in [-0.2, -0.15) is 0 Å². The summed E-state index contributed by atoms with van der Waals surface area (Å²) < 4.78 is 27.7. The molecule has 4 aromatic rings.